The van der Waals surface area contributed by atoms with Gasteiger partial charge in [0.15, 0.2) is 11.5 Å². The van der Waals surface area contributed by atoms with Crippen molar-refractivity contribution in [3.8, 4) is 11.1 Å². The van der Waals surface area contributed by atoms with E-state index >= 15 is 0 Å². The average Bonchev–Trinajstić information content (AvgIpc) is 2.73. The summed E-state index contributed by atoms with van der Waals surface area (Å²) in [6.07, 6.45) is 6.49. The maximum absolute atomic E-state index is 5.91. The molecule has 2 N–H and O–H groups in total. The second kappa shape index (κ2) is 4.35. The first-order chi connectivity index (χ1) is 9.20. The normalized spacial score (nSPS) is 11.1. The van der Waals surface area contributed by atoms with Crippen molar-refractivity contribution in [3.63, 3.8) is 0 Å². The largest absolute Gasteiger partial charge is 0.382 e. The molecule has 0 bridgehead atoms. The molecule has 0 saturated carbocycles. The number of fused-ring (bicyclic) bond motifs is 1. The van der Waals surface area contributed by atoms with E-state index in [0.717, 1.165) is 28.6 Å². The Morgan fingerprint density at radius 2 is 2.16 bits per heavy atom. The molecule has 0 amide bonds. The molecule has 5 heteroatoms. The van der Waals surface area contributed by atoms with E-state index in [1.807, 2.05) is 31.6 Å². The van der Waals surface area contributed by atoms with Crippen LogP contribution < -0.4 is 5.73 Å². The standard InChI is InChI=1S/C14H15N5/c1-3-9-7-16-5-4-11(9)10-6-12-13(15)18-19(2)14(12)17-8-10/h4-8H,3H2,1-2H3,(H2,15,18). The van der Waals surface area contributed by atoms with Gasteiger partial charge in [-0.25, -0.2) is 9.67 Å². The van der Waals surface area contributed by atoms with E-state index in [4.69, 9.17) is 5.73 Å². The van der Waals surface area contributed by atoms with E-state index in [9.17, 15) is 0 Å². The van der Waals surface area contributed by atoms with Crippen molar-refractivity contribution in [3.05, 3.63) is 36.3 Å². The first-order valence-electron chi connectivity index (χ1n) is 6.22. The van der Waals surface area contributed by atoms with Crippen LogP contribution in [-0.2, 0) is 13.5 Å². The van der Waals surface area contributed by atoms with Gasteiger partial charge in [-0.1, -0.05) is 6.92 Å². The van der Waals surface area contributed by atoms with Crippen molar-refractivity contribution < 1.29 is 0 Å². The van der Waals surface area contributed by atoms with Crippen LogP contribution in [0.2, 0.25) is 0 Å². The van der Waals surface area contributed by atoms with Crippen molar-refractivity contribution in [2.45, 2.75) is 13.3 Å². The van der Waals surface area contributed by atoms with Crippen LogP contribution in [0.3, 0.4) is 0 Å². The zero-order valence-corrected chi connectivity index (χ0v) is 11.0. The minimum absolute atomic E-state index is 0.513. The molecule has 0 aliphatic heterocycles. The molecule has 0 spiro atoms. The van der Waals surface area contributed by atoms with Crippen molar-refractivity contribution in [1.82, 2.24) is 19.7 Å². The molecule has 0 radical (unpaired) electrons. The monoisotopic (exact) mass is 253 g/mol. The zero-order valence-electron chi connectivity index (χ0n) is 11.0. The summed E-state index contributed by atoms with van der Waals surface area (Å²) in [5.74, 6) is 0.513. The molecule has 0 aliphatic carbocycles. The molecule has 96 valence electrons. The number of nitrogens with zero attached hydrogens (tertiary/aromatic N) is 4. The SMILES string of the molecule is CCc1cnccc1-c1cnc2c(c1)c(N)nn2C. The number of pyridine rings is 2. The topological polar surface area (TPSA) is 69.6 Å². The second-order valence-electron chi connectivity index (χ2n) is 4.49. The summed E-state index contributed by atoms with van der Waals surface area (Å²) in [5, 5.41) is 5.07. The number of nitrogen functional groups attached to an aromatic ring is 1. The van der Waals surface area contributed by atoms with Gasteiger partial charge in [-0.05, 0) is 29.7 Å². The molecule has 0 atom stereocenters. The molecule has 3 aromatic rings. The molecule has 3 heterocycles. The van der Waals surface area contributed by atoms with Crippen LogP contribution in [0, 0.1) is 0 Å². The lowest BCUT2D eigenvalue weighted by molar-refractivity contribution is 0.791. The average molecular weight is 253 g/mol. The maximum atomic E-state index is 5.91. The number of nitrogens with two attached hydrogens (primary N) is 1. The number of anilines is 1. The van der Waals surface area contributed by atoms with Gasteiger partial charge in [0.25, 0.3) is 0 Å². The van der Waals surface area contributed by atoms with E-state index in [1.165, 1.54) is 5.56 Å². The van der Waals surface area contributed by atoms with Crippen molar-refractivity contribution >= 4 is 16.9 Å². The molecule has 3 aromatic heterocycles. The Kier molecular flexibility index (Phi) is 2.67. The number of aryl methyl sites for hydroxylation is 2. The molecule has 0 saturated heterocycles. The fraction of sp³-hybridized carbons (Fsp3) is 0.214. The first-order valence-corrected chi connectivity index (χ1v) is 6.22. The Bertz CT molecular complexity index is 745. The summed E-state index contributed by atoms with van der Waals surface area (Å²) < 4.78 is 1.70. The van der Waals surface area contributed by atoms with E-state index < -0.39 is 0 Å². The third kappa shape index (κ3) is 1.83. The Morgan fingerprint density at radius 1 is 1.32 bits per heavy atom. The van der Waals surface area contributed by atoms with Gasteiger partial charge >= 0.3 is 0 Å². The fourth-order valence-electron chi connectivity index (χ4n) is 2.30. The Labute approximate surface area is 111 Å². The van der Waals surface area contributed by atoms with Gasteiger partial charge in [-0.15, -0.1) is 0 Å². The summed E-state index contributed by atoms with van der Waals surface area (Å²) in [6, 6.07) is 4.05. The number of rotatable bonds is 2. The summed E-state index contributed by atoms with van der Waals surface area (Å²) in [7, 11) is 1.84. The molecular formula is C14H15N5. The van der Waals surface area contributed by atoms with E-state index in [-0.39, 0.29) is 0 Å². The molecule has 0 fully saturated rings. The zero-order chi connectivity index (χ0) is 13.4. The van der Waals surface area contributed by atoms with Gasteiger partial charge in [0.05, 0.1) is 5.39 Å². The van der Waals surface area contributed by atoms with Crippen LogP contribution in [0.4, 0.5) is 5.82 Å². The minimum atomic E-state index is 0.513. The predicted molar refractivity (Wildman–Crippen MR) is 75.5 cm³/mol. The van der Waals surface area contributed by atoms with E-state index in [0.29, 0.717) is 5.82 Å². The molecule has 5 nitrogen and oxygen atoms in total. The van der Waals surface area contributed by atoms with Crippen LogP contribution in [0.1, 0.15) is 12.5 Å². The first kappa shape index (κ1) is 11.6. The van der Waals surface area contributed by atoms with Crippen molar-refractivity contribution in [2.75, 3.05) is 5.73 Å². The lowest BCUT2D eigenvalue weighted by Crippen LogP contribution is -1.93. The van der Waals surface area contributed by atoms with Gasteiger partial charge in [0.2, 0.25) is 0 Å². The van der Waals surface area contributed by atoms with Gasteiger partial charge < -0.3 is 5.73 Å². The van der Waals surface area contributed by atoms with Gasteiger partial charge in [0.1, 0.15) is 0 Å². The van der Waals surface area contributed by atoms with Gasteiger partial charge in [-0.3, -0.25) is 4.98 Å². The molecule has 0 aliphatic rings. The smallest absolute Gasteiger partial charge is 0.159 e. The van der Waals surface area contributed by atoms with Crippen molar-refractivity contribution in [2.24, 2.45) is 7.05 Å². The quantitative estimate of drug-likeness (QED) is 0.760. The van der Waals surface area contributed by atoms with Gasteiger partial charge in [-0.2, -0.15) is 5.10 Å². The molecule has 0 unspecified atom stereocenters. The summed E-state index contributed by atoms with van der Waals surface area (Å²) in [6.45, 7) is 2.12. The third-order valence-corrected chi connectivity index (χ3v) is 3.30. The number of hydrogen-bond donors (Lipinski definition) is 1. The Balaban J connectivity index is 2.23. The maximum Gasteiger partial charge on any atom is 0.159 e. The minimum Gasteiger partial charge on any atom is -0.382 e. The van der Waals surface area contributed by atoms with Crippen LogP contribution in [-0.4, -0.2) is 19.7 Å². The highest BCUT2D eigenvalue weighted by Gasteiger charge is 2.10. The van der Waals surface area contributed by atoms with Crippen LogP contribution >= 0.6 is 0 Å². The fourth-order valence-corrected chi connectivity index (χ4v) is 2.30. The highest BCUT2D eigenvalue weighted by molar-refractivity contribution is 5.90. The molecule has 3 rings (SSSR count). The van der Waals surface area contributed by atoms with Gasteiger partial charge in [0, 0.05) is 31.2 Å². The molecule has 19 heavy (non-hydrogen) atoms. The van der Waals surface area contributed by atoms with E-state index in [1.54, 1.807) is 10.9 Å². The number of aromatic nitrogens is 4. The van der Waals surface area contributed by atoms with Crippen LogP contribution in [0.25, 0.3) is 22.2 Å². The number of hydrogen-bond acceptors (Lipinski definition) is 4. The second-order valence-corrected chi connectivity index (χ2v) is 4.49. The lowest BCUT2D eigenvalue weighted by atomic mass is 10.0. The summed E-state index contributed by atoms with van der Waals surface area (Å²) in [4.78, 5) is 8.62. The Morgan fingerprint density at radius 3 is 2.95 bits per heavy atom. The van der Waals surface area contributed by atoms with Crippen LogP contribution in [0.5, 0.6) is 0 Å². The highest BCUT2D eigenvalue weighted by atomic mass is 15.3. The predicted octanol–water partition coefficient (Wildman–Crippen LogP) is 2.17. The molecule has 0 aromatic carbocycles. The lowest BCUT2D eigenvalue weighted by Gasteiger charge is -2.07. The molecular weight excluding hydrogens is 238 g/mol. The van der Waals surface area contributed by atoms with Crippen LogP contribution in [0.15, 0.2) is 30.7 Å². The highest BCUT2D eigenvalue weighted by Crippen LogP contribution is 2.27. The summed E-state index contributed by atoms with van der Waals surface area (Å²) in [5.41, 5.74) is 10.1. The van der Waals surface area contributed by atoms with Crippen molar-refractivity contribution in [1.29, 1.82) is 0 Å². The van der Waals surface area contributed by atoms with E-state index in [2.05, 4.69) is 22.0 Å². The third-order valence-electron chi connectivity index (χ3n) is 3.30. The summed E-state index contributed by atoms with van der Waals surface area (Å²) >= 11 is 0. The Hall–Kier alpha value is -2.43.